The van der Waals surface area contributed by atoms with Crippen LogP contribution >= 0.6 is 0 Å². The SMILES string of the molecule is CC1(C)OB(c2cnn(C(c3ccc(C(F)F)nc3)C3CCOCC3)c2)OC1(C)C. The van der Waals surface area contributed by atoms with Gasteiger partial charge in [0, 0.05) is 37.3 Å². The molecule has 0 radical (unpaired) electrons. The highest BCUT2D eigenvalue weighted by Gasteiger charge is 2.52. The summed E-state index contributed by atoms with van der Waals surface area (Å²) in [6.45, 7) is 9.40. The third-order valence-corrected chi connectivity index (χ3v) is 6.52. The molecule has 2 saturated heterocycles. The van der Waals surface area contributed by atoms with E-state index in [-0.39, 0.29) is 17.7 Å². The average molecular weight is 419 g/mol. The van der Waals surface area contributed by atoms with Crippen LogP contribution in [-0.4, -0.2) is 46.3 Å². The van der Waals surface area contributed by atoms with Crippen LogP contribution in [0.1, 0.15) is 64.3 Å². The first-order chi connectivity index (χ1) is 14.2. The van der Waals surface area contributed by atoms with Gasteiger partial charge < -0.3 is 14.0 Å². The molecule has 162 valence electrons. The molecule has 2 aromatic heterocycles. The van der Waals surface area contributed by atoms with Crippen LogP contribution in [-0.2, 0) is 14.0 Å². The summed E-state index contributed by atoms with van der Waals surface area (Å²) < 4.78 is 45.6. The zero-order chi connectivity index (χ0) is 21.5. The average Bonchev–Trinajstić information content (AvgIpc) is 3.26. The van der Waals surface area contributed by atoms with E-state index in [0.29, 0.717) is 13.2 Å². The molecule has 2 aromatic rings. The number of aromatic nitrogens is 3. The second-order valence-corrected chi connectivity index (χ2v) is 9.05. The van der Waals surface area contributed by atoms with Crippen LogP contribution in [0.5, 0.6) is 0 Å². The van der Waals surface area contributed by atoms with Gasteiger partial charge in [-0.25, -0.2) is 8.78 Å². The van der Waals surface area contributed by atoms with Crippen molar-refractivity contribution in [2.24, 2.45) is 5.92 Å². The molecule has 0 aromatic carbocycles. The van der Waals surface area contributed by atoms with E-state index in [1.807, 2.05) is 38.6 Å². The first kappa shape index (κ1) is 21.4. The molecule has 0 aliphatic carbocycles. The molecule has 1 atom stereocenters. The number of hydrogen-bond acceptors (Lipinski definition) is 5. The summed E-state index contributed by atoms with van der Waals surface area (Å²) >= 11 is 0. The van der Waals surface area contributed by atoms with Crippen LogP contribution in [0.25, 0.3) is 0 Å². The smallest absolute Gasteiger partial charge is 0.399 e. The van der Waals surface area contributed by atoms with Gasteiger partial charge in [0.2, 0.25) is 0 Å². The van der Waals surface area contributed by atoms with Crippen molar-refractivity contribution in [2.75, 3.05) is 13.2 Å². The van der Waals surface area contributed by atoms with Gasteiger partial charge in [-0.15, -0.1) is 0 Å². The summed E-state index contributed by atoms with van der Waals surface area (Å²) in [6, 6.07) is 3.00. The van der Waals surface area contributed by atoms with Crippen LogP contribution in [0.2, 0.25) is 0 Å². The highest BCUT2D eigenvalue weighted by molar-refractivity contribution is 6.62. The lowest BCUT2D eigenvalue weighted by molar-refractivity contribution is 0.00578. The Hall–Kier alpha value is -1.84. The van der Waals surface area contributed by atoms with Crippen molar-refractivity contribution in [3.63, 3.8) is 0 Å². The molecule has 0 saturated carbocycles. The Labute approximate surface area is 176 Å². The van der Waals surface area contributed by atoms with Crippen LogP contribution in [0, 0.1) is 5.92 Å². The maximum atomic E-state index is 13.0. The number of alkyl halides is 2. The number of nitrogens with zero attached hydrogens (tertiary/aromatic N) is 3. The second kappa shape index (κ2) is 8.02. The highest BCUT2D eigenvalue weighted by Crippen LogP contribution is 2.37. The molecule has 2 fully saturated rings. The normalized spacial score (nSPS) is 22.6. The molecule has 2 aliphatic heterocycles. The van der Waals surface area contributed by atoms with Gasteiger partial charge in [-0.05, 0) is 58.1 Å². The fourth-order valence-electron chi connectivity index (χ4n) is 4.00. The van der Waals surface area contributed by atoms with Gasteiger partial charge in [0.05, 0.1) is 17.2 Å². The lowest BCUT2D eigenvalue weighted by Crippen LogP contribution is -2.41. The topological polar surface area (TPSA) is 58.4 Å². The monoisotopic (exact) mass is 419 g/mol. The van der Waals surface area contributed by atoms with Gasteiger partial charge in [-0.3, -0.25) is 9.67 Å². The minimum atomic E-state index is -2.58. The number of pyridine rings is 1. The standard InChI is InChI=1S/C21H28BF2N3O3/c1-20(2)21(3,4)30-22(29-20)16-12-26-27(13-16)18(14-7-9-28-10-8-14)15-5-6-17(19(23)24)25-11-15/h5-6,11-14,18-19H,7-10H2,1-4H3. The predicted molar refractivity (Wildman–Crippen MR) is 109 cm³/mol. The lowest BCUT2D eigenvalue weighted by atomic mass is 9.81. The lowest BCUT2D eigenvalue weighted by Gasteiger charge is -2.32. The zero-order valence-electron chi connectivity index (χ0n) is 17.8. The Morgan fingerprint density at radius 3 is 2.30 bits per heavy atom. The van der Waals surface area contributed by atoms with Crippen molar-refractivity contribution in [2.45, 2.75) is 64.2 Å². The molecule has 4 heterocycles. The summed E-state index contributed by atoms with van der Waals surface area (Å²) in [4.78, 5) is 3.97. The Morgan fingerprint density at radius 1 is 1.07 bits per heavy atom. The molecular formula is C21H28BF2N3O3. The molecule has 0 N–H and O–H groups in total. The van der Waals surface area contributed by atoms with E-state index < -0.39 is 24.7 Å². The summed E-state index contributed by atoms with van der Waals surface area (Å²) in [5.74, 6) is 0.268. The summed E-state index contributed by atoms with van der Waals surface area (Å²) in [5.41, 5.74) is 0.602. The third kappa shape index (κ3) is 4.02. The molecule has 1 unspecified atom stereocenters. The quantitative estimate of drug-likeness (QED) is 0.695. The highest BCUT2D eigenvalue weighted by atomic mass is 19.3. The van der Waals surface area contributed by atoms with Gasteiger partial charge >= 0.3 is 7.12 Å². The summed E-state index contributed by atoms with van der Waals surface area (Å²) in [7, 11) is -0.501. The Balaban J connectivity index is 1.63. The van der Waals surface area contributed by atoms with Crippen LogP contribution in [0.4, 0.5) is 8.78 Å². The Morgan fingerprint density at radius 2 is 1.73 bits per heavy atom. The van der Waals surface area contributed by atoms with E-state index in [2.05, 4.69) is 10.1 Å². The first-order valence-electron chi connectivity index (χ1n) is 10.4. The van der Waals surface area contributed by atoms with Gasteiger partial charge in [0.1, 0.15) is 5.69 Å². The van der Waals surface area contributed by atoms with Crippen molar-refractivity contribution < 1.29 is 22.8 Å². The summed E-state index contributed by atoms with van der Waals surface area (Å²) in [5, 5.41) is 4.61. The molecule has 0 spiro atoms. The van der Waals surface area contributed by atoms with E-state index >= 15 is 0 Å². The van der Waals surface area contributed by atoms with Gasteiger partial charge in [0.15, 0.2) is 0 Å². The molecular weight excluding hydrogens is 391 g/mol. The van der Waals surface area contributed by atoms with E-state index in [4.69, 9.17) is 14.0 Å². The minimum absolute atomic E-state index is 0.121. The summed E-state index contributed by atoms with van der Waals surface area (Å²) in [6.07, 6.45) is 4.39. The minimum Gasteiger partial charge on any atom is -0.399 e. The Bertz CT molecular complexity index is 851. The van der Waals surface area contributed by atoms with Gasteiger partial charge in [-0.1, -0.05) is 6.07 Å². The number of halogens is 2. The number of ether oxygens (including phenoxy) is 1. The molecule has 2 aliphatic rings. The van der Waals surface area contributed by atoms with Crippen molar-refractivity contribution in [3.05, 3.63) is 42.0 Å². The second-order valence-electron chi connectivity index (χ2n) is 9.05. The third-order valence-electron chi connectivity index (χ3n) is 6.52. The largest absolute Gasteiger partial charge is 0.498 e. The first-order valence-corrected chi connectivity index (χ1v) is 10.4. The van der Waals surface area contributed by atoms with Crippen molar-refractivity contribution in [1.29, 1.82) is 0 Å². The van der Waals surface area contributed by atoms with Gasteiger partial charge in [0.25, 0.3) is 6.43 Å². The van der Waals surface area contributed by atoms with E-state index in [0.717, 1.165) is 23.9 Å². The predicted octanol–water partition coefficient (Wildman–Crippen LogP) is 3.53. The molecule has 0 bridgehead atoms. The van der Waals surface area contributed by atoms with Crippen molar-refractivity contribution >= 4 is 12.6 Å². The van der Waals surface area contributed by atoms with Crippen LogP contribution in [0.3, 0.4) is 0 Å². The molecule has 30 heavy (non-hydrogen) atoms. The molecule has 6 nitrogen and oxygen atoms in total. The fourth-order valence-corrected chi connectivity index (χ4v) is 4.00. The fraction of sp³-hybridized carbons (Fsp3) is 0.619. The Kier molecular flexibility index (Phi) is 5.72. The van der Waals surface area contributed by atoms with E-state index in [1.54, 1.807) is 12.3 Å². The maximum Gasteiger partial charge on any atom is 0.498 e. The van der Waals surface area contributed by atoms with Crippen LogP contribution in [0.15, 0.2) is 30.7 Å². The number of rotatable bonds is 5. The molecule has 0 amide bonds. The van der Waals surface area contributed by atoms with Crippen molar-refractivity contribution in [3.8, 4) is 0 Å². The maximum absolute atomic E-state index is 13.0. The number of hydrogen-bond donors (Lipinski definition) is 0. The van der Waals surface area contributed by atoms with E-state index in [9.17, 15) is 8.78 Å². The molecule has 4 rings (SSSR count). The molecule has 9 heteroatoms. The zero-order valence-corrected chi connectivity index (χ0v) is 17.8. The van der Waals surface area contributed by atoms with E-state index in [1.165, 1.54) is 12.3 Å². The van der Waals surface area contributed by atoms with Crippen LogP contribution < -0.4 is 5.46 Å². The van der Waals surface area contributed by atoms with Crippen molar-refractivity contribution in [1.82, 2.24) is 14.8 Å². The van der Waals surface area contributed by atoms with Gasteiger partial charge in [-0.2, -0.15) is 5.10 Å².